The Morgan fingerprint density at radius 3 is 1.76 bits per heavy atom. The smallest absolute Gasteiger partial charge is 0.330 e. The van der Waals surface area contributed by atoms with Crippen molar-refractivity contribution >= 4 is 11.9 Å². The minimum atomic E-state index is -0.578. The summed E-state index contributed by atoms with van der Waals surface area (Å²) in [5.74, 6) is -1.16. The number of methoxy groups -OCH3 is 2. The van der Waals surface area contributed by atoms with Crippen molar-refractivity contribution in [2.75, 3.05) is 20.8 Å². The lowest BCUT2D eigenvalue weighted by Gasteiger charge is -1.90. The second kappa shape index (κ2) is 14.6. The molecular weight excluding hydrogens is 224 g/mol. The molecule has 0 radical (unpaired) electrons. The van der Waals surface area contributed by atoms with Crippen molar-refractivity contribution in [3.8, 4) is 0 Å². The molecule has 5 heteroatoms. The third-order valence-electron chi connectivity index (χ3n) is 1.77. The number of hydrogen-bond donors (Lipinski definition) is 1. The van der Waals surface area contributed by atoms with Crippen LogP contribution in [-0.4, -0.2) is 37.9 Å². The number of hydrogen-bond acceptors (Lipinski definition) is 5. The van der Waals surface area contributed by atoms with Gasteiger partial charge in [0.1, 0.15) is 0 Å². The third kappa shape index (κ3) is 17.3. The van der Waals surface area contributed by atoms with Gasteiger partial charge >= 0.3 is 11.9 Å². The number of unbranched alkanes of at least 4 members (excludes halogenated alkanes) is 3. The second-order valence-electron chi connectivity index (χ2n) is 3.16. The van der Waals surface area contributed by atoms with E-state index >= 15 is 0 Å². The van der Waals surface area contributed by atoms with Gasteiger partial charge in [-0.2, -0.15) is 0 Å². The largest absolute Gasteiger partial charge is 0.466 e. The van der Waals surface area contributed by atoms with Gasteiger partial charge in [0.15, 0.2) is 0 Å². The van der Waals surface area contributed by atoms with Crippen molar-refractivity contribution in [3.05, 3.63) is 12.2 Å². The summed E-state index contributed by atoms with van der Waals surface area (Å²) in [6, 6.07) is 0. The zero-order valence-corrected chi connectivity index (χ0v) is 10.8. The van der Waals surface area contributed by atoms with Crippen LogP contribution >= 0.6 is 0 Å². The fourth-order valence-electron chi connectivity index (χ4n) is 0.811. The van der Waals surface area contributed by atoms with Crippen LogP contribution in [-0.2, 0) is 19.1 Å². The number of aliphatic hydroxyl groups excluding tert-OH is 1. The highest BCUT2D eigenvalue weighted by Crippen LogP contribution is 1.96. The van der Waals surface area contributed by atoms with Gasteiger partial charge in [-0.25, -0.2) is 9.59 Å². The van der Waals surface area contributed by atoms with E-state index in [1.165, 1.54) is 33.5 Å². The van der Waals surface area contributed by atoms with E-state index in [4.69, 9.17) is 5.11 Å². The van der Waals surface area contributed by atoms with Crippen LogP contribution in [0.3, 0.4) is 0 Å². The van der Waals surface area contributed by atoms with Crippen LogP contribution in [0.15, 0.2) is 12.2 Å². The van der Waals surface area contributed by atoms with Gasteiger partial charge in [-0.05, 0) is 6.42 Å². The van der Waals surface area contributed by atoms with Gasteiger partial charge in [-0.1, -0.05) is 26.2 Å². The molecule has 0 atom stereocenters. The van der Waals surface area contributed by atoms with Crippen LogP contribution in [0.1, 0.15) is 32.6 Å². The number of carbonyl (C=O) groups is 2. The molecule has 100 valence electrons. The van der Waals surface area contributed by atoms with Gasteiger partial charge in [0.05, 0.1) is 14.2 Å². The highest BCUT2D eigenvalue weighted by Gasteiger charge is 1.94. The molecule has 0 aromatic heterocycles. The topological polar surface area (TPSA) is 72.8 Å². The van der Waals surface area contributed by atoms with E-state index in [0.29, 0.717) is 6.61 Å². The van der Waals surface area contributed by atoms with Crippen LogP contribution in [0.25, 0.3) is 0 Å². The molecule has 0 fully saturated rings. The third-order valence-corrected chi connectivity index (χ3v) is 1.77. The summed E-state index contributed by atoms with van der Waals surface area (Å²) in [5.41, 5.74) is 0. The van der Waals surface area contributed by atoms with Gasteiger partial charge < -0.3 is 14.6 Å². The minimum Gasteiger partial charge on any atom is -0.466 e. The molecule has 0 aliphatic heterocycles. The number of aliphatic hydroxyl groups is 1. The van der Waals surface area contributed by atoms with Crippen LogP contribution in [0.4, 0.5) is 0 Å². The molecule has 0 rings (SSSR count). The van der Waals surface area contributed by atoms with Crippen LogP contribution in [0, 0.1) is 0 Å². The minimum absolute atomic E-state index is 0.361. The molecule has 5 nitrogen and oxygen atoms in total. The van der Waals surface area contributed by atoms with Gasteiger partial charge in [0.25, 0.3) is 0 Å². The van der Waals surface area contributed by atoms with Gasteiger partial charge in [0, 0.05) is 18.8 Å². The first-order chi connectivity index (χ1) is 8.12. The number of rotatable bonds is 6. The summed E-state index contributed by atoms with van der Waals surface area (Å²) in [6.07, 6.45) is 6.67. The number of esters is 2. The maximum absolute atomic E-state index is 10.3. The summed E-state index contributed by atoms with van der Waals surface area (Å²) in [4.78, 5) is 20.6. The lowest BCUT2D eigenvalue weighted by molar-refractivity contribution is -0.137. The molecule has 0 aromatic rings. The molecule has 0 bridgehead atoms. The van der Waals surface area contributed by atoms with Crippen molar-refractivity contribution < 1.29 is 24.2 Å². The Morgan fingerprint density at radius 1 is 1.00 bits per heavy atom. The van der Waals surface area contributed by atoms with E-state index in [9.17, 15) is 9.59 Å². The molecule has 0 saturated heterocycles. The fourth-order valence-corrected chi connectivity index (χ4v) is 0.811. The normalized spacial score (nSPS) is 9.41. The molecule has 0 aromatic carbocycles. The first-order valence-corrected chi connectivity index (χ1v) is 5.57. The average Bonchev–Trinajstić information content (AvgIpc) is 2.36. The predicted molar refractivity (Wildman–Crippen MR) is 64.4 cm³/mol. The Labute approximate surface area is 102 Å². The first-order valence-electron chi connectivity index (χ1n) is 5.57. The molecule has 0 aliphatic carbocycles. The van der Waals surface area contributed by atoms with E-state index in [0.717, 1.165) is 18.6 Å². The first kappa shape index (κ1) is 18.0. The van der Waals surface area contributed by atoms with Gasteiger partial charge in [-0.3, -0.25) is 0 Å². The highest BCUT2D eigenvalue weighted by molar-refractivity contribution is 5.91. The Balaban J connectivity index is 0. The van der Waals surface area contributed by atoms with Gasteiger partial charge in [-0.15, -0.1) is 0 Å². The molecule has 0 heterocycles. The van der Waals surface area contributed by atoms with Crippen molar-refractivity contribution in [1.29, 1.82) is 0 Å². The maximum atomic E-state index is 10.3. The molecule has 0 amide bonds. The van der Waals surface area contributed by atoms with E-state index < -0.39 is 11.9 Å². The quantitative estimate of drug-likeness (QED) is 0.436. The maximum Gasteiger partial charge on any atom is 0.330 e. The molecular formula is C12H22O5. The van der Waals surface area contributed by atoms with E-state index in [1.807, 2.05) is 0 Å². The van der Waals surface area contributed by atoms with Crippen molar-refractivity contribution in [2.45, 2.75) is 32.6 Å². The van der Waals surface area contributed by atoms with E-state index in [-0.39, 0.29) is 0 Å². The molecule has 1 N–H and O–H groups in total. The van der Waals surface area contributed by atoms with E-state index in [1.54, 1.807) is 0 Å². The molecule has 0 aliphatic rings. The predicted octanol–water partition coefficient (Wildman–Crippen LogP) is 1.45. The lowest BCUT2D eigenvalue weighted by Crippen LogP contribution is -1.98. The zero-order valence-electron chi connectivity index (χ0n) is 10.8. The lowest BCUT2D eigenvalue weighted by atomic mass is 10.2. The SMILES string of the molecule is CCCCCCO.COC(=O)/C=C\C(=O)OC. The zero-order chi connectivity index (χ0) is 13.5. The molecule has 0 unspecified atom stereocenters. The second-order valence-corrected chi connectivity index (χ2v) is 3.16. The Morgan fingerprint density at radius 2 is 1.47 bits per heavy atom. The summed E-state index contributed by atoms with van der Waals surface area (Å²) in [7, 11) is 2.45. The summed E-state index contributed by atoms with van der Waals surface area (Å²) < 4.78 is 8.42. The summed E-state index contributed by atoms with van der Waals surface area (Å²) in [6.45, 7) is 2.53. The Bertz CT molecular complexity index is 201. The van der Waals surface area contributed by atoms with Crippen molar-refractivity contribution in [1.82, 2.24) is 0 Å². The standard InChI is InChI=1S/C6H8O4.C6H14O/c1-9-5(7)3-4-6(8)10-2;1-2-3-4-5-6-7/h3-4H,1-2H3;7H,2-6H2,1H3/b4-3-;. The van der Waals surface area contributed by atoms with Gasteiger partial charge in [0.2, 0.25) is 0 Å². The Hall–Kier alpha value is -1.36. The fraction of sp³-hybridized carbons (Fsp3) is 0.667. The highest BCUT2D eigenvalue weighted by atomic mass is 16.5. The summed E-state index contributed by atoms with van der Waals surface area (Å²) in [5, 5.41) is 8.29. The van der Waals surface area contributed by atoms with Crippen LogP contribution in [0.5, 0.6) is 0 Å². The molecule has 0 saturated carbocycles. The van der Waals surface area contributed by atoms with Crippen molar-refractivity contribution in [3.63, 3.8) is 0 Å². The van der Waals surface area contributed by atoms with Crippen molar-refractivity contribution in [2.24, 2.45) is 0 Å². The van der Waals surface area contributed by atoms with Crippen LogP contribution < -0.4 is 0 Å². The Kier molecular flexibility index (Phi) is 15.5. The van der Waals surface area contributed by atoms with Crippen LogP contribution in [0.2, 0.25) is 0 Å². The molecule has 17 heavy (non-hydrogen) atoms. The summed E-state index contributed by atoms with van der Waals surface area (Å²) >= 11 is 0. The number of carbonyl (C=O) groups excluding carboxylic acids is 2. The monoisotopic (exact) mass is 246 g/mol. The van der Waals surface area contributed by atoms with E-state index in [2.05, 4.69) is 16.4 Å². The average molecular weight is 246 g/mol. The molecule has 0 spiro atoms. The number of ether oxygens (including phenoxy) is 2.